The number of fused-ring (bicyclic) bond motifs is 10. The molecule has 0 unspecified atom stereocenters. The van der Waals surface area contributed by atoms with Gasteiger partial charge in [0.2, 0.25) is 5.82 Å². The van der Waals surface area contributed by atoms with Crippen LogP contribution in [0.15, 0.2) is 164 Å². The lowest BCUT2D eigenvalue weighted by Crippen LogP contribution is -2.05. The lowest BCUT2D eigenvalue weighted by atomic mass is 9.91. The van der Waals surface area contributed by atoms with Crippen molar-refractivity contribution in [2.45, 2.75) is 6.92 Å². The van der Waals surface area contributed by atoms with Crippen molar-refractivity contribution in [3.8, 4) is 44.8 Å². The summed E-state index contributed by atoms with van der Waals surface area (Å²) >= 11 is 0. The Kier molecular flexibility index (Phi) is 8.16. The second-order valence-corrected chi connectivity index (χ2v) is 14.2. The van der Waals surface area contributed by atoms with Gasteiger partial charge in [-0.15, -0.1) is 0 Å². The molecule has 2 nitrogen and oxygen atoms in total. The number of benzene rings is 8. The lowest BCUT2D eigenvalue weighted by Gasteiger charge is -2.19. The summed E-state index contributed by atoms with van der Waals surface area (Å²) in [6.45, 7) is 5.42. The van der Waals surface area contributed by atoms with Crippen molar-refractivity contribution in [2.75, 3.05) is 0 Å². The Morgan fingerprint density at radius 1 is 0.448 bits per heavy atom. The van der Waals surface area contributed by atoms with E-state index in [0.717, 1.165) is 65.6 Å². The molecule has 280 valence electrons. The van der Waals surface area contributed by atoms with Crippen molar-refractivity contribution in [3.05, 3.63) is 193 Å². The van der Waals surface area contributed by atoms with E-state index in [4.69, 9.17) is 0 Å². The molecule has 0 N–H and O–H groups in total. The SMILES string of the molecule is C=C/C=C/C.Fc1c(F)c(F)c(-c2ccc(-n3c4ccccc4c4c3ccc3c5ccccc5n(-c5ccccc5)c34)c3c2-c2cccc4cccc-3c24)c(F)c1F. The molecule has 0 bridgehead atoms. The van der Waals surface area contributed by atoms with E-state index in [2.05, 4.69) is 58.2 Å². The number of halogens is 5. The van der Waals surface area contributed by atoms with Crippen molar-refractivity contribution < 1.29 is 22.0 Å². The summed E-state index contributed by atoms with van der Waals surface area (Å²) in [6, 6.07) is 45.6. The fraction of sp³-hybridized carbons (Fsp3) is 0.0196. The molecule has 0 aliphatic heterocycles. The van der Waals surface area contributed by atoms with Crippen LogP contribution in [0, 0.1) is 29.1 Å². The highest BCUT2D eigenvalue weighted by atomic mass is 19.2. The number of aromatic nitrogens is 2. The van der Waals surface area contributed by atoms with Crippen molar-refractivity contribution in [1.29, 1.82) is 0 Å². The van der Waals surface area contributed by atoms with Crippen LogP contribution in [0.3, 0.4) is 0 Å². The van der Waals surface area contributed by atoms with Crippen molar-refractivity contribution in [2.24, 2.45) is 0 Å². The van der Waals surface area contributed by atoms with Crippen molar-refractivity contribution in [3.63, 3.8) is 0 Å². The summed E-state index contributed by atoms with van der Waals surface area (Å²) in [7, 11) is 0. The van der Waals surface area contributed by atoms with Gasteiger partial charge in [-0.05, 0) is 70.8 Å². The van der Waals surface area contributed by atoms with E-state index in [-0.39, 0.29) is 5.56 Å². The van der Waals surface area contributed by atoms with Crippen molar-refractivity contribution in [1.82, 2.24) is 9.13 Å². The number of hydrogen-bond donors (Lipinski definition) is 0. The Morgan fingerprint density at radius 2 is 1.05 bits per heavy atom. The summed E-state index contributed by atoms with van der Waals surface area (Å²) in [5.74, 6) is -9.89. The topological polar surface area (TPSA) is 9.86 Å². The van der Waals surface area contributed by atoms with E-state index in [0.29, 0.717) is 22.4 Å². The quantitative estimate of drug-likeness (QED) is 0.0731. The average molecular weight is 767 g/mol. The van der Waals surface area contributed by atoms with Crippen molar-refractivity contribution >= 4 is 54.4 Å². The van der Waals surface area contributed by atoms with Crippen LogP contribution in [0.1, 0.15) is 6.92 Å². The molecule has 11 rings (SSSR count). The molecule has 0 atom stereocenters. The van der Waals surface area contributed by atoms with Gasteiger partial charge in [-0.25, -0.2) is 22.0 Å². The molecule has 0 saturated heterocycles. The number of rotatable bonds is 4. The minimum absolute atomic E-state index is 0.0763. The van der Waals surface area contributed by atoms with Crippen LogP contribution in [0.25, 0.3) is 99.1 Å². The molecule has 2 aromatic heterocycles. The third kappa shape index (κ3) is 4.89. The third-order valence-electron chi connectivity index (χ3n) is 11.2. The zero-order valence-corrected chi connectivity index (χ0v) is 31.0. The predicted octanol–water partition coefficient (Wildman–Crippen LogP) is 14.8. The van der Waals surface area contributed by atoms with Crippen LogP contribution in [-0.4, -0.2) is 9.13 Å². The number of allylic oxidation sites excluding steroid dienone is 3. The van der Waals surface area contributed by atoms with E-state index in [9.17, 15) is 13.2 Å². The summed E-state index contributed by atoms with van der Waals surface area (Å²) in [6.07, 6.45) is 5.58. The highest BCUT2D eigenvalue weighted by molar-refractivity contribution is 6.27. The van der Waals surface area contributed by atoms with Gasteiger partial charge < -0.3 is 9.13 Å². The summed E-state index contributed by atoms with van der Waals surface area (Å²) in [4.78, 5) is 0. The zero-order chi connectivity index (χ0) is 39.8. The van der Waals surface area contributed by atoms with Crippen LogP contribution >= 0.6 is 0 Å². The number of hydrogen-bond acceptors (Lipinski definition) is 0. The Bertz CT molecular complexity index is 3340. The fourth-order valence-electron chi connectivity index (χ4n) is 8.89. The molecule has 0 fully saturated rings. The Balaban J connectivity index is 0.000000772. The molecule has 1 aliphatic carbocycles. The summed E-state index contributed by atoms with van der Waals surface area (Å²) < 4.78 is 79.6. The smallest absolute Gasteiger partial charge is 0.200 e. The number of para-hydroxylation sites is 3. The van der Waals surface area contributed by atoms with Crippen LogP contribution in [0.2, 0.25) is 0 Å². The predicted molar refractivity (Wildman–Crippen MR) is 227 cm³/mol. The minimum atomic E-state index is -2.19. The van der Waals surface area contributed by atoms with E-state index in [1.54, 1.807) is 12.1 Å². The maximum Gasteiger partial charge on any atom is 0.200 e. The fourth-order valence-corrected chi connectivity index (χ4v) is 8.89. The van der Waals surface area contributed by atoms with Crippen LogP contribution in [-0.2, 0) is 0 Å². The maximum atomic E-state index is 15.7. The van der Waals surface area contributed by atoms with E-state index < -0.39 is 34.6 Å². The molecule has 1 aliphatic rings. The maximum absolute atomic E-state index is 15.7. The van der Waals surface area contributed by atoms with Crippen LogP contribution in [0.5, 0.6) is 0 Å². The van der Waals surface area contributed by atoms with Gasteiger partial charge in [-0.2, -0.15) is 0 Å². The van der Waals surface area contributed by atoms with Gasteiger partial charge in [0.1, 0.15) is 0 Å². The molecular formula is C51H31F5N2. The molecule has 2 heterocycles. The lowest BCUT2D eigenvalue weighted by molar-refractivity contribution is 0.381. The molecule has 10 aromatic rings. The first-order valence-corrected chi connectivity index (χ1v) is 18.8. The molecule has 7 heteroatoms. The Hall–Kier alpha value is -7.25. The first-order valence-electron chi connectivity index (χ1n) is 18.8. The highest BCUT2D eigenvalue weighted by Gasteiger charge is 2.34. The van der Waals surface area contributed by atoms with Gasteiger partial charge in [0.25, 0.3) is 0 Å². The molecule has 8 aromatic carbocycles. The standard InChI is InChI=1S/C46H23F5N2.C5H8/c47-41-40(42(48)44(50)45(51)43(41)49)31-21-23-34(38-30-17-9-11-24-10-8-16-29(36(24)30)37(31)38)53-33-19-7-5-15-28(33)39-35(53)22-20-27-26-14-4-6-18-32(26)52(46(27)39)25-12-2-1-3-13-25;1-3-5-4-2/h1-23H;3-5H,1H2,2H3/b;5-4+. The van der Waals surface area contributed by atoms with E-state index in [1.807, 2.05) is 104 Å². The molecule has 58 heavy (non-hydrogen) atoms. The largest absolute Gasteiger partial charge is 0.309 e. The Labute approximate surface area is 329 Å². The molecule has 0 radical (unpaired) electrons. The normalized spacial score (nSPS) is 12.0. The Morgan fingerprint density at radius 3 is 1.71 bits per heavy atom. The van der Waals surface area contributed by atoms with Crippen LogP contribution < -0.4 is 0 Å². The van der Waals surface area contributed by atoms with Gasteiger partial charge >= 0.3 is 0 Å². The van der Waals surface area contributed by atoms with Gasteiger partial charge in [0.15, 0.2) is 23.3 Å². The first kappa shape index (κ1) is 35.2. The molecule has 0 spiro atoms. The minimum Gasteiger partial charge on any atom is -0.309 e. The van der Waals surface area contributed by atoms with Gasteiger partial charge in [-0.3, -0.25) is 0 Å². The van der Waals surface area contributed by atoms with E-state index >= 15 is 8.78 Å². The van der Waals surface area contributed by atoms with E-state index in [1.165, 1.54) is 6.07 Å². The average Bonchev–Trinajstić information content (AvgIpc) is 3.90. The van der Waals surface area contributed by atoms with Gasteiger partial charge in [-0.1, -0.05) is 128 Å². The second kappa shape index (κ2) is 13.5. The molecule has 0 saturated carbocycles. The number of nitrogens with zero attached hydrogens (tertiary/aromatic N) is 2. The highest BCUT2D eigenvalue weighted by Crippen LogP contribution is 2.55. The van der Waals surface area contributed by atoms with Gasteiger partial charge in [0, 0.05) is 38.4 Å². The third-order valence-corrected chi connectivity index (χ3v) is 11.2. The van der Waals surface area contributed by atoms with Crippen LogP contribution in [0.4, 0.5) is 22.0 Å². The molecular weight excluding hydrogens is 736 g/mol. The van der Waals surface area contributed by atoms with Gasteiger partial charge in [0.05, 0.1) is 33.3 Å². The first-order chi connectivity index (χ1) is 28.3. The summed E-state index contributed by atoms with van der Waals surface area (Å²) in [5.41, 5.74) is 7.09. The molecule has 0 amide bonds. The second-order valence-electron chi connectivity index (χ2n) is 14.2. The zero-order valence-electron chi connectivity index (χ0n) is 31.0. The monoisotopic (exact) mass is 766 g/mol. The summed E-state index contributed by atoms with van der Waals surface area (Å²) in [5, 5.41) is 5.95.